The summed E-state index contributed by atoms with van der Waals surface area (Å²) in [7, 11) is 0. The van der Waals surface area contributed by atoms with Gasteiger partial charge in [0.1, 0.15) is 0 Å². The molecule has 2 N–H and O–H groups in total. The Bertz CT molecular complexity index is 645. The van der Waals surface area contributed by atoms with E-state index in [4.69, 9.17) is 0 Å². The highest BCUT2D eigenvalue weighted by molar-refractivity contribution is 6.04. The Hall–Kier alpha value is -2.37. The molecule has 1 aromatic carbocycles. The molecular formula is C14H16N4O2. The van der Waals surface area contributed by atoms with Crippen molar-refractivity contribution in [1.29, 1.82) is 0 Å². The molecule has 0 unspecified atom stereocenters. The topological polar surface area (TPSA) is 78.1 Å². The maximum atomic E-state index is 12.0. The van der Waals surface area contributed by atoms with Crippen molar-refractivity contribution < 1.29 is 9.59 Å². The predicted octanol–water partition coefficient (Wildman–Crippen LogP) is 0.915. The molecule has 0 saturated carbocycles. The second-order valence-electron chi connectivity index (χ2n) is 4.86. The summed E-state index contributed by atoms with van der Waals surface area (Å²) < 4.78 is 0. The number of aromatic amines is 1. The number of fused-ring (bicyclic) bond motifs is 1. The molecule has 3 rings (SSSR count). The molecule has 1 aliphatic rings. The molecule has 6 nitrogen and oxygen atoms in total. The fraction of sp³-hybridized carbons (Fsp3) is 0.357. The van der Waals surface area contributed by atoms with Gasteiger partial charge in [0.25, 0.3) is 5.91 Å². The van der Waals surface area contributed by atoms with Crippen molar-refractivity contribution in [3.8, 4) is 0 Å². The first-order valence-corrected chi connectivity index (χ1v) is 6.75. The van der Waals surface area contributed by atoms with Crippen molar-refractivity contribution in [2.24, 2.45) is 0 Å². The second-order valence-corrected chi connectivity index (χ2v) is 4.86. The number of hydrogen-bond donors (Lipinski definition) is 2. The van der Waals surface area contributed by atoms with Crippen LogP contribution in [0, 0.1) is 0 Å². The van der Waals surface area contributed by atoms with Gasteiger partial charge in [0.15, 0.2) is 5.69 Å². The van der Waals surface area contributed by atoms with Gasteiger partial charge in [-0.3, -0.25) is 14.7 Å². The molecule has 1 aliphatic heterocycles. The van der Waals surface area contributed by atoms with Crippen molar-refractivity contribution >= 4 is 22.7 Å². The Balaban J connectivity index is 1.57. The van der Waals surface area contributed by atoms with Crippen molar-refractivity contribution in [2.45, 2.75) is 12.8 Å². The van der Waals surface area contributed by atoms with Gasteiger partial charge in [-0.1, -0.05) is 18.2 Å². The van der Waals surface area contributed by atoms with Gasteiger partial charge < -0.3 is 10.2 Å². The van der Waals surface area contributed by atoms with E-state index in [1.165, 1.54) is 0 Å². The molecule has 1 fully saturated rings. The number of para-hydroxylation sites is 1. The molecule has 0 radical (unpaired) electrons. The van der Waals surface area contributed by atoms with E-state index in [1.54, 1.807) is 4.90 Å². The Labute approximate surface area is 116 Å². The van der Waals surface area contributed by atoms with E-state index < -0.39 is 0 Å². The minimum atomic E-state index is -0.251. The number of benzene rings is 1. The number of nitrogens with zero attached hydrogens (tertiary/aromatic N) is 2. The highest BCUT2D eigenvalue weighted by atomic mass is 16.2. The first-order valence-electron chi connectivity index (χ1n) is 6.75. The number of carbonyl (C=O) groups excluding carboxylic acids is 2. The van der Waals surface area contributed by atoms with Gasteiger partial charge in [0.2, 0.25) is 5.91 Å². The molecule has 0 atom stereocenters. The second kappa shape index (κ2) is 5.32. The highest BCUT2D eigenvalue weighted by Crippen LogP contribution is 2.14. The molecule has 2 aromatic rings. The third-order valence-corrected chi connectivity index (χ3v) is 3.52. The van der Waals surface area contributed by atoms with Crippen LogP contribution in [-0.2, 0) is 4.79 Å². The predicted molar refractivity (Wildman–Crippen MR) is 74.2 cm³/mol. The lowest BCUT2D eigenvalue weighted by atomic mass is 10.2. The lowest BCUT2D eigenvalue weighted by molar-refractivity contribution is -0.134. The maximum Gasteiger partial charge on any atom is 0.272 e. The quantitative estimate of drug-likeness (QED) is 0.868. The number of rotatable bonds is 4. The summed E-state index contributed by atoms with van der Waals surface area (Å²) >= 11 is 0. The summed E-state index contributed by atoms with van der Waals surface area (Å²) in [6.07, 6.45) is 1.42. The number of hydrogen-bond acceptors (Lipinski definition) is 3. The first kappa shape index (κ1) is 12.7. The van der Waals surface area contributed by atoms with Gasteiger partial charge in [-0.15, -0.1) is 0 Å². The average Bonchev–Trinajstić information content (AvgIpc) is 2.80. The fourth-order valence-corrected chi connectivity index (χ4v) is 2.23. The van der Waals surface area contributed by atoms with Crippen LogP contribution in [0.5, 0.6) is 0 Å². The number of amides is 2. The third kappa shape index (κ3) is 2.36. The Morgan fingerprint density at radius 1 is 1.30 bits per heavy atom. The molecule has 20 heavy (non-hydrogen) atoms. The molecular weight excluding hydrogens is 256 g/mol. The maximum absolute atomic E-state index is 12.0. The van der Waals surface area contributed by atoms with Crippen LogP contribution in [0.2, 0.25) is 0 Å². The number of carbonyl (C=O) groups is 2. The minimum Gasteiger partial charge on any atom is -0.350 e. The molecule has 0 aliphatic carbocycles. The van der Waals surface area contributed by atoms with Crippen molar-refractivity contribution in [2.75, 3.05) is 19.6 Å². The van der Waals surface area contributed by atoms with E-state index in [9.17, 15) is 9.59 Å². The van der Waals surface area contributed by atoms with E-state index in [2.05, 4.69) is 15.5 Å². The first-order chi connectivity index (χ1) is 9.75. The zero-order chi connectivity index (χ0) is 13.9. The van der Waals surface area contributed by atoms with Gasteiger partial charge in [-0.2, -0.15) is 5.10 Å². The molecule has 0 bridgehead atoms. The normalized spacial score (nSPS) is 14.1. The largest absolute Gasteiger partial charge is 0.350 e. The molecule has 0 spiro atoms. The SMILES string of the molecule is O=C(NCCC(=O)N1CCC1)c1n[nH]c2ccccc12. The molecule has 1 aromatic heterocycles. The Morgan fingerprint density at radius 2 is 2.10 bits per heavy atom. The van der Waals surface area contributed by atoms with E-state index in [-0.39, 0.29) is 11.8 Å². The van der Waals surface area contributed by atoms with Crippen LogP contribution in [0.15, 0.2) is 24.3 Å². The van der Waals surface area contributed by atoms with Gasteiger partial charge in [0, 0.05) is 31.4 Å². The zero-order valence-corrected chi connectivity index (χ0v) is 11.1. The molecule has 6 heteroatoms. The summed E-state index contributed by atoms with van der Waals surface area (Å²) in [6, 6.07) is 7.46. The van der Waals surface area contributed by atoms with E-state index in [0.29, 0.717) is 18.7 Å². The smallest absolute Gasteiger partial charge is 0.272 e. The highest BCUT2D eigenvalue weighted by Gasteiger charge is 2.20. The number of aromatic nitrogens is 2. The van der Waals surface area contributed by atoms with Crippen LogP contribution in [0.4, 0.5) is 0 Å². The third-order valence-electron chi connectivity index (χ3n) is 3.52. The standard InChI is InChI=1S/C14H16N4O2/c19-12(18-8-3-9-18)6-7-15-14(20)13-10-4-1-2-5-11(10)16-17-13/h1-2,4-5H,3,6-9H2,(H,15,20)(H,16,17). The molecule has 2 heterocycles. The van der Waals surface area contributed by atoms with Crippen LogP contribution in [-0.4, -0.2) is 46.5 Å². The van der Waals surface area contributed by atoms with Crippen LogP contribution >= 0.6 is 0 Å². The Morgan fingerprint density at radius 3 is 2.85 bits per heavy atom. The van der Waals surface area contributed by atoms with Crippen molar-refractivity contribution in [3.05, 3.63) is 30.0 Å². The van der Waals surface area contributed by atoms with Gasteiger partial charge >= 0.3 is 0 Å². The van der Waals surface area contributed by atoms with E-state index in [0.717, 1.165) is 30.4 Å². The summed E-state index contributed by atoms with van der Waals surface area (Å²) in [5.41, 5.74) is 1.20. The molecule has 2 amide bonds. The monoisotopic (exact) mass is 272 g/mol. The van der Waals surface area contributed by atoms with Crippen molar-refractivity contribution in [3.63, 3.8) is 0 Å². The lowest BCUT2D eigenvalue weighted by Gasteiger charge is -2.30. The summed E-state index contributed by atoms with van der Waals surface area (Å²) in [4.78, 5) is 25.5. The van der Waals surface area contributed by atoms with E-state index in [1.807, 2.05) is 24.3 Å². The van der Waals surface area contributed by atoms with Crippen LogP contribution < -0.4 is 5.32 Å². The molecule has 1 saturated heterocycles. The van der Waals surface area contributed by atoms with Crippen LogP contribution in [0.25, 0.3) is 10.9 Å². The number of H-pyrrole nitrogens is 1. The van der Waals surface area contributed by atoms with Crippen molar-refractivity contribution in [1.82, 2.24) is 20.4 Å². The van der Waals surface area contributed by atoms with Gasteiger partial charge in [-0.05, 0) is 12.5 Å². The number of nitrogens with one attached hydrogen (secondary N) is 2. The van der Waals surface area contributed by atoms with Gasteiger partial charge in [0.05, 0.1) is 5.52 Å². The van der Waals surface area contributed by atoms with E-state index >= 15 is 0 Å². The lowest BCUT2D eigenvalue weighted by Crippen LogP contribution is -2.43. The average molecular weight is 272 g/mol. The zero-order valence-electron chi connectivity index (χ0n) is 11.1. The summed E-state index contributed by atoms with van der Waals surface area (Å²) in [6.45, 7) is 2.03. The summed E-state index contributed by atoms with van der Waals surface area (Å²) in [5, 5.41) is 10.4. The number of likely N-dealkylation sites (tertiary alicyclic amines) is 1. The van der Waals surface area contributed by atoms with Gasteiger partial charge in [-0.25, -0.2) is 0 Å². The fourth-order valence-electron chi connectivity index (χ4n) is 2.23. The summed E-state index contributed by atoms with van der Waals surface area (Å²) in [5.74, 6) is -0.151. The van der Waals surface area contributed by atoms with Crippen LogP contribution in [0.1, 0.15) is 23.3 Å². The Kier molecular flexibility index (Phi) is 3.37. The molecule has 104 valence electrons. The van der Waals surface area contributed by atoms with Crippen LogP contribution in [0.3, 0.4) is 0 Å². The minimum absolute atomic E-state index is 0.100.